The first-order chi connectivity index (χ1) is 22.6. The van der Waals surface area contributed by atoms with E-state index in [2.05, 4.69) is 64.6 Å². The lowest BCUT2D eigenvalue weighted by Gasteiger charge is -2.36. The van der Waals surface area contributed by atoms with Crippen LogP contribution in [0.3, 0.4) is 0 Å². The van der Waals surface area contributed by atoms with Crippen molar-refractivity contribution in [3.8, 4) is 16.9 Å². The van der Waals surface area contributed by atoms with Gasteiger partial charge in [0, 0.05) is 42.2 Å². The van der Waals surface area contributed by atoms with E-state index in [0.29, 0.717) is 50.1 Å². The van der Waals surface area contributed by atoms with Gasteiger partial charge >= 0.3 is 0 Å². The zero-order valence-corrected chi connectivity index (χ0v) is 28.7. The van der Waals surface area contributed by atoms with Crippen molar-refractivity contribution in [3.63, 3.8) is 0 Å². The molecule has 0 aliphatic heterocycles. The maximum Gasteiger partial charge on any atom is 0.235 e. The standard InChI is InChI=1S/C37H48N4O5S/c1-25-19-30(13-18-35(25)46-2)27-9-7-26(8-10-27)22-40(34-6-4-5-29(20-34)31-21-38-41(23-31)33-16-17-33)37(43)28-11-14-32(15-12-28)39-36(42)24-47(3,44)45/h4-6,13,18-21,23,26-28,32-33H,7-12,14-17,22,24H2,1-3H3,(H,39,42)/t26-,27-,28-,32-. The Bertz CT molecular complexity index is 1680. The van der Waals surface area contributed by atoms with E-state index in [1.54, 1.807) is 7.11 Å². The molecule has 2 aromatic carbocycles. The minimum atomic E-state index is -3.39. The van der Waals surface area contributed by atoms with Gasteiger partial charge in [0.1, 0.15) is 11.5 Å². The van der Waals surface area contributed by atoms with Gasteiger partial charge in [-0.05, 0) is 118 Å². The molecule has 0 spiro atoms. The van der Waals surface area contributed by atoms with Crippen molar-refractivity contribution in [2.24, 2.45) is 11.8 Å². The van der Waals surface area contributed by atoms with Crippen LogP contribution in [0.4, 0.5) is 5.69 Å². The molecular weight excluding hydrogens is 612 g/mol. The van der Waals surface area contributed by atoms with Gasteiger partial charge in [0.2, 0.25) is 11.8 Å². The monoisotopic (exact) mass is 660 g/mol. The summed E-state index contributed by atoms with van der Waals surface area (Å²) in [5.74, 6) is 0.871. The number of aryl methyl sites for hydroxylation is 1. The number of hydrogen-bond donors (Lipinski definition) is 1. The SMILES string of the molecule is COc1ccc([C@H]2CC[C@H](CN(c3cccc(-c4cnn(C5CC5)c4)c3)C(=O)[C@H]3CC[C@H](NC(=O)CS(C)(=O)=O)CC3)CC2)cc1C. The van der Waals surface area contributed by atoms with E-state index in [4.69, 9.17) is 4.74 Å². The maximum atomic E-state index is 14.4. The summed E-state index contributed by atoms with van der Waals surface area (Å²) in [5, 5.41) is 7.46. The Morgan fingerprint density at radius 3 is 2.36 bits per heavy atom. The van der Waals surface area contributed by atoms with Gasteiger partial charge < -0.3 is 15.0 Å². The molecule has 3 aliphatic rings. The third kappa shape index (κ3) is 8.44. The predicted molar refractivity (Wildman–Crippen MR) is 184 cm³/mol. The summed E-state index contributed by atoms with van der Waals surface area (Å²) in [6.45, 7) is 2.78. The average molecular weight is 661 g/mol. The third-order valence-corrected chi connectivity index (χ3v) is 11.1. The van der Waals surface area contributed by atoms with Crippen LogP contribution < -0.4 is 15.0 Å². The van der Waals surface area contributed by atoms with E-state index in [0.717, 1.165) is 60.1 Å². The summed E-state index contributed by atoms with van der Waals surface area (Å²) < 4.78 is 30.6. The minimum Gasteiger partial charge on any atom is -0.496 e. The quantitative estimate of drug-likeness (QED) is 0.261. The lowest BCUT2D eigenvalue weighted by atomic mass is 9.78. The number of nitrogens with one attached hydrogen (secondary N) is 1. The topological polar surface area (TPSA) is 111 Å². The number of anilines is 1. The summed E-state index contributed by atoms with van der Waals surface area (Å²) in [4.78, 5) is 28.6. The Kier molecular flexibility index (Phi) is 10.1. The molecule has 1 N–H and O–H groups in total. The molecule has 0 atom stereocenters. The Balaban J connectivity index is 1.16. The Morgan fingerprint density at radius 1 is 0.957 bits per heavy atom. The van der Waals surface area contributed by atoms with Crippen molar-refractivity contribution in [1.29, 1.82) is 0 Å². The molecule has 0 bridgehead atoms. The predicted octanol–water partition coefficient (Wildman–Crippen LogP) is 6.23. The van der Waals surface area contributed by atoms with E-state index < -0.39 is 21.5 Å². The summed E-state index contributed by atoms with van der Waals surface area (Å²) in [6.07, 6.45) is 14.4. The molecule has 1 aromatic heterocycles. The number of amides is 2. The van der Waals surface area contributed by atoms with Crippen molar-refractivity contribution >= 4 is 27.3 Å². The fraction of sp³-hybridized carbons (Fsp3) is 0.541. The smallest absolute Gasteiger partial charge is 0.235 e. The van der Waals surface area contributed by atoms with Crippen LogP contribution in [0.5, 0.6) is 5.75 Å². The molecule has 9 nitrogen and oxygen atoms in total. The fourth-order valence-corrected chi connectivity index (χ4v) is 8.07. The fourth-order valence-electron chi connectivity index (χ4n) is 7.51. The molecule has 6 rings (SSSR count). The highest BCUT2D eigenvalue weighted by atomic mass is 32.2. The van der Waals surface area contributed by atoms with Crippen LogP contribution in [-0.2, 0) is 19.4 Å². The number of hydrogen-bond acceptors (Lipinski definition) is 6. The largest absolute Gasteiger partial charge is 0.496 e. The number of carbonyl (C=O) groups excluding carboxylic acids is 2. The zero-order chi connectivity index (χ0) is 33.1. The van der Waals surface area contributed by atoms with Gasteiger partial charge in [0.05, 0.1) is 19.3 Å². The number of rotatable bonds is 11. The average Bonchev–Trinajstić information content (AvgIpc) is 3.79. The Morgan fingerprint density at radius 2 is 1.70 bits per heavy atom. The lowest BCUT2D eigenvalue weighted by molar-refractivity contribution is -0.123. The minimum absolute atomic E-state index is 0.107. The number of methoxy groups -OCH3 is 1. The van der Waals surface area contributed by atoms with Gasteiger partial charge in [-0.1, -0.05) is 24.3 Å². The third-order valence-electron chi connectivity index (χ3n) is 10.3. The van der Waals surface area contributed by atoms with Gasteiger partial charge in [-0.25, -0.2) is 8.42 Å². The zero-order valence-electron chi connectivity index (χ0n) is 27.9. The molecule has 47 heavy (non-hydrogen) atoms. The van der Waals surface area contributed by atoms with Crippen molar-refractivity contribution in [3.05, 3.63) is 66.0 Å². The molecule has 3 aliphatic carbocycles. The van der Waals surface area contributed by atoms with E-state index in [1.807, 2.05) is 17.2 Å². The van der Waals surface area contributed by atoms with Gasteiger partial charge in [0.15, 0.2) is 9.84 Å². The van der Waals surface area contributed by atoms with Crippen LogP contribution in [0, 0.1) is 18.8 Å². The molecule has 2 amide bonds. The highest BCUT2D eigenvalue weighted by molar-refractivity contribution is 7.91. The van der Waals surface area contributed by atoms with E-state index in [-0.39, 0.29) is 17.9 Å². The number of benzene rings is 2. The molecule has 3 fully saturated rings. The number of nitrogens with zero attached hydrogens (tertiary/aromatic N) is 3. The summed E-state index contributed by atoms with van der Waals surface area (Å²) in [7, 11) is -1.67. The van der Waals surface area contributed by atoms with Gasteiger partial charge in [-0.15, -0.1) is 0 Å². The van der Waals surface area contributed by atoms with Crippen LogP contribution in [0.1, 0.15) is 87.3 Å². The molecule has 10 heteroatoms. The maximum absolute atomic E-state index is 14.4. The second-order valence-electron chi connectivity index (χ2n) is 14.1. The van der Waals surface area contributed by atoms with Crippen LogP contribution >= 0.6 is 0 Å². The molecule has 3 aromatic rings. The normalized spacial score (nSPS) is 23.2. The van der Waals surface area contributed by atoms with Crippen molar-refractivity contribution in [2.45, 2.75) is 89.1 Å². The Hall–Kier alpha value is -3.66. The number of aromatic nitrogens is 2. The van der Waals surface area contributed by atoms with Crippen molar-refractivity contribution in [1.82, 2.24) is 15.1 Å². The first kappa shape index (κ1) is 33.2. The number of sulfone groups is 1. The molecule has 3 saturated carbocycles. The van der Waals surface area contributed by atoms with Crippen LogP contribution in [0.15, 0.2) is 54.9 Å². The highest BCUT2D eigenvalue weighted by Crippen LogP contribution is 2.39. The molecule has 0 unspecified atom stereocenters. The first-order valence-electron chi connectivity index (χ1n) is 17.1. The van der Waals surface area contributed by atoms with Gasteiger partial charge in [0.25, 0.3) is 0 Å². The summed E-state index contributed by atoms with van der Waals surface area (Å²) >= 11 is 0. The molecule has 252 valence electrons. The highest BCUT2D eigenvalue weighted by Gasteiger charge is 2.33. The summed E-state index contributed by atoms with van der Waals surface area (Å²) in [5.41, 5.74) is 5.57. The van der Waals surface area contributed by atoms with Crippen LogP contribution in [0.2, 0.25) is 0 Å². The number of ether oxygens (including phenoxy) is 1. The second kappa shape index (κ2) is 14.2. The van der Waals surface area contributed by atoms with E-state index in [1.165, 1.54) is 18.4 Å². The number of carbonyl (C=O) groups is 2. The van der Waals surface area contributed by atoms with E-state index >= 15 is 0 Å². The van der Waals surface area contributed by atoms with Crippen LogP contribution in [0.25, 0.3) is 11.1 Å². The molecular formula is C37H48N4O5S. The first-order valence-corrected chi connectivity index (χ1v) is 19.2. The second-order valence-corrected chi connectivity index (χ2v) is 16.2. The molecule has 0 radical (unpaired) electrons. The van der Waals surface area contributed by atoms with Gasteiger partial charge in [-0.2, -0.15) is 5.10 Å². The van der Waals surface area contributed by atoms with Crippen molar-refractivity contribution < 1.29 is 22.7 Å². The van der Waals surface area contributed by atoms with E-state index in [9.17, 15) is 18.0 Å². The summed E-state index contributed by atoms with van der Waals surface area (Å²) in [6, 6.07) is 15.2. The van der Waals surface area contributed by atoms with Gasteiger partial charge in [-0.3, -0.25) is 14.3 Å². The van der Waals surface area contributed by atoms with Crippen molar-refractivity contribution in [2.75, 3.05) is 30.6 Å². The molecule has 0 saturated heterocycles. The van der Waals surface area contributed by atoms with Crippen LogP contribution in [-0.4, -0.2) is 61.7 Å². The lowest BCUT2D eigenvalue weighted by Crippen LogP contribution is -2.45. The Labute approximate surface area is 279 Å². The molecule has 1 heterocycles.